The zero-order valence-electron chi connectivity index (χ0n) is 11.3. The van der Waals surface area contributed by atoms with Gasteiger partial charge in [0.15, 0.2) is 11.6 Å². The molecule has 0 atom stereocenters. The Labute approximate surface area is 120 Å². The normalized spacial score (nSPS) is 10.6. The van der Waals surface area contributed by atoms with Crippen molar-refractivity contribution in [2.75, 3.05) is 11.9 Å². The maximum Gasteiger partial charge on any atom is 0.186 e. The molecule has 0 amide bonds. The SMILES string of the molecule is CCNc1nc(CSc2ccccc2F)nc(C)c1F. The Morgan fingerprint density at radius 3 is 2.65 bits per heavy atom. The second-order valence-corrected chi connectivity index (χ2v) is 5.15. The molecule has 0 unspecified atom stereocenters. The van der Waals surface area contributed by atoms with Crippen LogP contribution in [0.4, 0.5) is 14.6 Å². The van der Waals surface area contributed by atoms with Gasteiger partial charge < -0.3 is 5.32 Å². The Balaban J connectivity index is 2.16. The summed E-state index contributed by atoms with van der Waals surface area (Å²) in [5.74, 6) is 0.354. The minimum absolute atomic E-state index is 0.198. The summed E-state index contributed by atoms with van der Waals surface area (Å²) in [4.78, 5) is 8.75. The molecule has 0 bridgehead atoms. The molecule has 0 fully saturated rings. The van der Waals surface area contributed by atoms with E-state index in [4.69, 9.17) is 0 Å². The fraction of sp³-hybridized carbons (Fsp3) is 0.286. The van der Waals surface area contributed by atoms with Crippen LogP contribution in [0.25, 0.3) is 0 Å². The van der Waals surface area contributed by atoms with Crippen LogP contribution in [0.15, 0.2) is 29.2 Å². The average Bonchev–Trinajstić information content (AvgIpc) is 2.43. The van der Waals surface area contributed by atoms with E-state index in [0.29, 0.717) is 28.7 Å². The molecule has 6 heteroatoms. The molecule has 1 aromatic heterocycles. The molecule has 0 aliphatic rings. The van der Waals surface area contributed by atoms with E-state index in [-0.39, 0.29) is 11.6 Å². The van der Waals surface area contributed by atoms with E-state index in [9.17, 15) is 8.78 Å². The fourth-order valence-corrected chi connectivity index (χ4v) is 2.46. The number of nitrogens with zero attached hydrogens (tertiary/aromatic N) is 2. The van der Waals surface area contributed by atoms with Crippen molar-refractivity contribution in [3.05, 3.63) is 47.4 Å². The Morgan fingerprint density at radius 2 is 1.95 bits per heavy atom. The van der Waals surface area contributed by atoms with Crippen molar-refractivity contribution < 1.29 is 8.78 Å². The largest absolute Gasteiger partial charge is 0.368 e. The van der Waals surface area contributed by atoms with Gasteiger partial charge in [0.05, 0.1) is 11.4 Å². The highest BCUT2D eigenvalue weighted by molar-refractivity contribution is 7.98. The number of rotatable bonds is 5. The van der Waals surface area contributed by atoms with E-state index in [1.54, 1.807) is 25.1 Å². The quantitative estimate of drug-likeness (QED) is 0.852. The van der Waals surface area contributed by atoms with E-state index in [2.05, 4.69) is 15.3 Å². The molecule has 3 nitrogen and oxygen atoms in total. The highest BCUT2D eigenvalue weighted by atomic mass is 32.2. The van der Waals surface area contributed by atoms with Gasteiger partial charge in [-0.25, -0.2) is 18.7 Å². The summed E-state index contributed by atoms with van der Waals surface area (Å²) < 4.78 is 27.2. The predicted molar refractivity (Wildman–Crippen MR) is 76.9 cm³/mol. The van der Waals surface area contributed by atoms with Gasteiger partial charge in [-0.05, 0) is 26.0 Å². The van der Waals surface area contributed by atoms with E-state index < -0.39 is 5.82 Å². The lowest BCUT2D eigenvalue weighted by Gasteiger charge is -2.08. The van der Waals surface area contributed by atoms with Gasteiger partial charge in [-0.15, -0.1) is 11.8 Å². The highest BCUT2D eigenvalue weighted by Crippen LogP contribution is 2.25. The number of benzene rings is 1. The Morgan fingerprint density at radius 1 is 1.20 bits per heavy atom. The van der Waals surface area contributed by atoms with E-state index in [0.717, 1.165) is 0 Å². The Hall–Kier alpha value is -1.69. The molecule has 1 heterocycles. The van der Waals surface area contributed by atoms with E-state index >= 15 is 0 Å². The van der Waals surface area contributed by atoms with Gasteiger partial charge >= 0.3 is 0 Å². The fourth-order valence-electron chi connectivity index (χ4n) is 1.67. The smallest absolute Gasteiger partial charge is 0.186 e. The standard InChI is InChI=1S/C14H15F2N3S/c1-3-17-14-13(16)9(2)18-12(19-14)8-20-11-7-5-4-6-10(11)15/h4-7H,3,8H2,1-2H3,(H,17,18,19). The first-order chi connectivity index (χ1) is 9.61. The molecule has 2 aromatic rings. The number of anilines is 1. The average molecular weight is 295 g/mol. The van der Waals surface area contributed by atoms with Crippen molar-refractivity contribution >= 4 is 17.6 Å². The van der Waals surface area contributed by atoms with Gasteiger partial charge in [0, 0.05) is 11.4 Å². The number of thioether (sulfide) groups is 1. The minimum atomic E-state index is -0.438. The topological polar surface area (TPSA) is 37.8 Å². The second-order valence-electron chi connectivity index (χ2n) is 4.14. The number of aromatic nitrogens is 2. The summed E-state index contributed by atoms with van der Waals surface area (Å²) in [6.45, 7) is 4.03. The molecule has 0 radical (unpaired) electrons. The molecule has 2 rings (SSSR count). The van der Waals surface area contributed by atoms with Gasteiger partial charge in [0.25, 0.3) is 0 Å². The maximum absolute atomic E-state index is 13.7. The summed E-state index contributed by atoms with van der Waals surface area (Å²) in [5, 5.41) is 2.86. The summed E-state index contributed by atoms with van der Waals surface area (Å²) in [7, 11) is 0. The first kappa shape index (κ1) is 14.7. The van der Waals surface area contributed by atoms with Crippen molar-refractivity contribution in [2.45, 2.75) is 24.5 Å². The van der Waals surface area contributed by atoms with Crippen LogP contribution in [0.3, 0.4) is 0 Å². The number of aryl methyl sites for hydroxylation is 1. The summed E-state index contributed by atoms with van der Waals surface area (Å²) in [6, 6.07) is 6.51. The lowest BCUT2D eigenvalue weighted by molar-refractivity contribution is 0.600. The van der Waals surface area contributed by atoms with Gasteiger partial charge in [0.1, 0.15) is 11.6 Å². The summed E-state index contributed by atoms with van der Waals surface area (Å²) >= 11 is 1.29. The zero-order valence-corrected chi connectivity index (χ0v) is 12.1. The van der Waals surface area contributed by atoms with Crippen molar-refractivity contribution in [2.24, 2.45) is 0 Å². The molecule has 0 aliphatic carbocycles. The van der Waals surface area contributed by atoms with Crippen molar-refractivity contribution in [3.8, 4) is 0 Å². The molecule has 0 spiro atoms. The van der Waals surface area contributed by atoms with Crippen LogP contribution >= 0.6 is 11.8 Å². The summed E-state index contributed by atoms with van der Waals surface area (Å²) in [6.07, 6.45) is 0. The third kappa shape index (κ3) is 3.45. The molecule has 20 heavy (non-hydrogen) atoms. The third-order valence-electron chi connectivity index (χ3n) is 2.60. The van der Waals surface area contributed by atoms with Crippen LogP contribution in [0, 0.1) is 18.6 Å². The van der Waals surface area contributed by atoms with Gasteiger partial charge in [-0.3, -0.25) is 0 Å². The number of hydrogen-bond acceptors (Lipinski definition) is 4. The molecule has 106 valence electrons. The Kier molecular flexibility index (Phi) is 4.89. The van der Waals surface area contributed by atoms with E-state index in [1.165, 1.54) is 17.8 Å². The number of halogens is 2. The number of hydrogen-bond donors (Lipinski definition) is 1. The lowest BCUT2D eigenvalue weighted by Crippen LogP contribution is -2.08. The van der Waals surface area contributed by atoms with Crippen molar-refractivity contribution in [1.82, 2.24) is 9.97 Å². The maximum atomic E-state index is 13.7. The molecular weight excluding hydrogens is 280 g/mol. The monoisotopic (exact) mass is 295 g/mol. The molecule has 0 saturated heterocycles. The van der Waals surface area contributed by atoms with Crippen LogP contribution in [0.2, 0.25) is 0 Å². The van der Waals surface area contributed by atoms with Gasteiger partial charge in [-0.1, -0.05) is 12.1 Å². The molecule has 0 aliphatic heterocycles. The zero-order chi connectivity index (χ0) is 14.5. The van der Waals surface area contributed by atoms with E-state index in [1.807, 2.05) is 6.92 Å². The van der Waals surface area contributed by atoms with Crippen LogP contribution < -0.4 is 5.32 Å². The predicted octanol–water partition coefficient (Wildman–Crippen LogP) is 3.79. The first-order valence-electron chi connectivity index (χ1n) is 6.26. The third-order valence-corrected chi connectivity index (χ3v) is 3.65. The Bertz CT molecular complexity index is 605. The van der Waals surface area contributed by atoms with Crippen molar-refractivity contribution in [1.29, 1.82) is 0 Å². The molecule has 1 aromatic carbocycles. The highest BCUT2D eigenvalue weighted by Gasteiger charge is 2.11. The van der Waals surface area contributed by atoms with Crippen LogP contribution in [0.1, 0.15) is 18.4 Å². The van der Waals surface area contributed by atoms with Gasteiger partial charge in [-0.2, -0.15) is 0 Å². The first-order valence-corrected chi connectivity index (χ1v) is 7.24. The van der Waals surface area contributed by atoms with Crippen LogP contribution in [-0.4, -0.2) is 16.5 Å². The number of nitrogens with one attached hydrogen (secondary N) is 1. The molecule has 0 saturated carbocycles. The molecular formula is C14H15F2N3S. The second kappa shape index (κ2) is 6.65. The van der Waals surface area contributed by atoms with Crippen molar-refractivity contribution in [3.63, 3.8) is 0 Å². The lowest BCUT2D eigenvalue weighted by atomic mass is 10.3. The van der Waals surface area contributed by atoms with Gasteiger partial charge in [0.2, 0.25) is 0 Å². The van der Waals surface area contributed by atoms with Crippen LogP contribution in [-0.2, 0) is 5.75 Å². The van der Waals surface area contributed by atoms with Crippen LogP contribution in [0.5, 0.6) is 0 Å². The molecule has 1 N–H and O–H groups in total. The summed E-state index contributed by atoms with van der Waals surface area (Å²) in [5.41, 5.74) is 0.292. The minimum Gasteiger partial charge on any atom is -0.368 e.